The monoisotopic (exact) mass is 296 g/mol. The van der Waals surface area contributed by atoms with Gasteiger partial charge in [0.1, 0.15) is 5.76 Å². The highest BCUT2D eigenvalue weighted by atomic mass is 16.4. The van der Waals surface area contributed by atoms with Crippen LogP contribution in [0, 0.1) is 0 Å². The van der Waals surface area contributed by atoms with Crippen molar-refractivity contribution in [1.29, 1.82) is 0 Å². The molecule has 6 nitrogen and oxygen atoms in total. The van der Waals surface area contributed by atoms with E-state index in [2.05, 4.69) is 5.10 Å². The molecule has 0 bridgehead atoms. The van der Waals surface area contributed by atoms with E-state index < -0.39 is 5.97 Å². The molecule has 0 aliphatic carbocycles. The van der Waals surface area contributed by atoms with Crippen LogP contribution in [-0.2, 0) is 4.79 Å². The summed E-state index contributed by atoms with van der Waals surface area (Å²) in [5.41, 5.74) is 1.46. The van der Waals surface area contributed by atoms with Gasteiger partial charge in [-0.2, -0.15) is 10.1 Å². The van der Waals surface area contributed by atoms with Crippen LogP contribution < -0.4 is 5.01 Å². The SMILES string of the molecule is CC1=NN(c2cccc(C(=O)O)c2)C(=O)C1=Cc1ccco1. The molecule has 0 saturated heterocycles. The molecule has 0 radical (unpaired) electrons. The fourth-order valence-electron chi connectivity index (χ4n) is 2.15. The van der Waals surface area contributed by atoms with Gasteiger partial charge in [-0.25, -0.2) is 4.79 Å². The lowest BCUT2D eigenvalue weighted by Gasteiger charge is -2.12. The van der Waals surface area contributed by atoms with Crippen LogP contribution in [0.2, 0.25) is 0 Å². The molecule has 1 aromatic carbocycles. The first-order chi connectivity index (χ1) is 10.6. The molecule has 0 fully saturated rings. The Hall–Kier alpha value is -3.15. The minimum absolute atomic E-state index is 0.0987. The second kappa shape index (κ2) is 5.33. The molecule has 0 spiro atoms. The van der Waals surface area contributed by atoms with Crippen molar-refractivity contribution in [2.75, 3.05) is 5.01 Å². The molecule has 1 aliphatic heterocycles. The van der Waals surface area contributed by atoms with E-state index >= 15 is 0 Å². The Labute approximate surface area is 126 Å². The Morgan fingerprint density at radius 1 is 1.32 bits per heavy atom. The molecule has 0 saturated carbocycles. The average molecular weight is 296 g/mol. The van der Waals surface area contributed by atoms with E-state index in [-0.39, 0.29) is 11.5 Å². The number of carbonyl (C=O) groups is 2. The van der Waals surface area contributed by atoms with Crippen LogP contribution in [0.5, 0.6) is 0 Å². The largest absolute Gasteiger partial charge is 0.478 e. The van der Waals surface area contributed by atoms with Crippen LogP contribution in [0.1, 0.15) is 23.0 Å². The molecule has 2 heterocycles. The zero-order chi connectivity index (χ0) is 15.7. The minimum Gasteiger partial charge on any atom is -0.478 e. The number of aromatic carboxylic acids is 1. The number of carbonyl (C=O) groups excluding carboxylic acids is 1. The fraction of sp³-hybridized carbons (Fsp3) is 0.0625. The molecule has 22 heavy (non-hydrogen) atoms. The van der Waals surface area contributed by atoms with Gasteiger partial charge in [-0.3, -0.25) is 4.79 Å². The van der Waals surface area contributed by atoms with Crippen molar-refractivity contribution in [2.24, 2.45) is 5.10 Å². The van der Waals surface area contributed by atoms with Gasteiger partial charge in [0.05, 0.1) is 28.8 Å². The maximum atomic E-state index is 12.5. The Kier molecular flexibility index (Phi) is 3.34. The Morgan fingerprint density at radius 2 is 2.14 bits per heavy atom. The highest BCUT2D eigenvalue weighted by molar-refractivity contribution is 6.32. The third-order valence-corrected chi connectivity index (χ3v) is 3.23. The third kappa shape index (κ3) is 2.42. The standard InChI is InChI=1S/C16H12N2O4/c1-10-14(9-13-6-3-7-22-13)15(19)18(17-10)12-5-2-4-11(8-12)16(20)21/h2-9H,1H3,(H,20,21). The lowest BCUT2D eigenvalue weighted by atomic mass is 10.1. The highest BCUT2D eigenvalue weighted by Gasteiger charge is 2.29. The summed E-state index contributed by atoms with van der Waals surface area (Å²) < 4.78 is 5.20. The number of hydrogen-bond acceptors (Lipinski definition) is 4. The van der Waals surface area contributed by atoms with Crippen molar-refractivity contribution < 1.29 is 19.1 Å². The molecule has 110 valence electrons. The van der Waals surface area contributed by atoms with Crippen molar-refractivity contribution in [3.63, 3.8) is 0 Å². The summed E-state index contributed by atoms with van der Waals surface area (Å²) in [6, 6.07) is 9.55. The minimum atomic E-state index is -1.06. The number of furan rings is 1. The molecule has 0 atom stereocenters. The van der Waals surface area contributed by atoms with E-state index in [0.717, 1.165) is 0 Å². The fourth-order valence-corrected chi connectivity index (χ4v) is 2.15. The second-order valence-corrected chi connectivity index (χ2v) is 4.73. The summed E-state index contributed by atoms with van der Waals surface area (Å²) >= 11 is 0. The van der Waals surface area contributed by atoms with Gasteiger partial charge in [-0.15, -0.1) is 0 Å². The first-order valence-electron chi connectivity index (χ1n) is 6.55. The van der Waals surface area contributed by atoms with Gasteiger partial charge in [0.2, 0.25) is 0 Å². The normalized spacial score (nSPS) is 16.2. The molecule has 0 unspecified atom stereocenters. The predicted molar refractivity (Wildman–Crippen MR) is 80.7 cm³/mol. The van der Waals surface area contributed by atoms with Crippen molar-refractivity contribution in [3.05, 3.63) is 59.6 Å². The van der Waals surface area contributed by atoms with Crippen molar-refractivity contribution >= 4 is 29.4 Å². The van der Waals surface area contributed by atoms with Crippen molar-refractivity contribution in [2.45, 2.75) is 6.92 Å². The number of rotatable bonds is 3. The van der Waals surface area contributed by atoms with Crippen LogP contribution >= 0.6 is 0 Å². The lowest BCUT2D eigenvalue weighted by Crippen LogP contribution is -2.21. The average Bonchev–Trinajstić information content (AvgIpc) is 3.11. The number of hydrazone groups is 1. The smallest absolute Gasteiger partial charge is 0.335 e. The van der Waals surface area contributed by atoms with Crippen molar-refractivity contribution in [1.82, 2.24) is 0 Å². The first kappa shape index (κ1) is 13.8. The molecule has 2 aromatic rings. The van der Waals surface area contributed by atoms with E-state index in [1.807, 2.05) is 0 Å². The Bertz CT molecular complexity index is 803. The number of benzene rings is 1. The van der Waals surface area contributed by atoms with E-state index in [1.54, 1.807) is 37.3 Å². The molecule has 3 rings (SSSR count). The van der Waals surface area contributed by atoms with E-state index in [4.69, 9.17) is 9.52 Å². The number of hydrogen-bond donors (Lipinski definition) is 1. The van der Waals surface area contributed by atoms with Gasteiger partial charge < -0.3 is 9.52 Å². The molecule has 1 aliphatic rings. The summed E-state index contributed by atoms with van der Waals surface area (Å²) in [6.45, 7) is 1.72. The maximum absolute atomic E-state index is 12.5. The van der Waals surface area contributed by atoms with E-state index in [9.17, 15) is 9.59 Å². The maximum Gasteiger partial charge on any atom is 0.335 e. The molecular weight excluding hydrogens is 284 g/mol. The first-order valence-corrected chi connectivity index (χ1v) is 6.55. The number of amides is 1. The van der Waals surface area contributed by atoms with Crippen LogP contribution in [0.25, 0.3) is 6.08 Å². The summed E-state index contributed by atoms with van der Waals surface area (Å²) in [6.07, 6.45) is 3.13. The summed E-state index contributed by atoms with van der Waals surface area (Å²) in [5.74, 6) is -0.823. The number of carboxylic acids is 1. The third-order valence-electron chi connectivity index (χ3n) is 3.23. The number of anilines is 1. The van der Waals surface area contributed by atoms with Crippen molar-refractivity contribution in [3.8, 4) is 0 Å². The van der Waals surface area contributed by atoms with Gasteiger partial charge in [0.15, 0.2) is 0 Å². The van der Waals surface area contributed by atoms with Crippen LogP contribution in [0.15, 0.2) is 57.8 Å². The molecule has 1 amide bonds. The van der Waals surface area contributed by atoms with Gasteiger partial charge in [-0.05, 0) is 43.3 Å². The number of nitrogens with zero attached hydrogens (tertiary/aromatic N) is 2. The van der Waals surface area contributed by atoms with Crippen LogP contribution in [-0.4, -0.2) is 22.7 Å². The van der Waals surface area contributed by atoms with Gasteiger partial charge >= 0.3 is 5.97 Å². The van der Waals surface area contributed by atoms with E-state index in [0.29, 0.717) is 22.7 Å². The highest BCUT2D eigenvalue weighted by Crippen LogP contribution is 2.25. The zero-order valence-corrected chi connectivity index (χ0v) is 11.7. The molecule has 1 aromatic heterocycles. The summed E-state index contributed by atoms with van der Waals surface area (Å²) in [7, 11) is 0. The lowest BCUT2D eigenvalue weighted by molar-refractivity contribution is -0.114. The van der Waals surface area contributed by atoms with Gasteiger partial charge in [-0.1, -0.05) is 6.07 Å². The quantitative estimate of drug-likeness (QED) is 0.883. The molecule has 6 heteroatoms. The van der Waals surface area contributed by atoms with Gasteiger partial charge in [0.25, 0.3) is 5.91 Å². The topological polar surface area (TPSA) is 83.1 Å². The summed E-state index contributed by atoms with van der Waals surface area (Å²) in [5, 5.41) is 14.4. The zero-order valence-electron chi connectivity index (χ0n) is 11.7. The predicted octanol–water partition coefficient (Wildman–Crippen LogP) is 2.78. The Morgan fingerprint density at radius 3 is 2.82 bits per heavy atom. The summed E-state index contributed by atoms with van der Waals surface area (Å²) in [4.78, 5) is 23.5. The molecular formula is C16H12N2O4. The van der Waals surface area contributed by atoms with Gasteiger partial charge in [0, 0.05) is 0 Å². The van der Waals surface area contributed by atoms with Crippen LogP contribution in [0.3, 0.4) is 0 Å². The van der Waals surface area contributed by atoms with E-state index in [1.165, 1.54) is 23.4 Å². The molecule has 1 N–H and O–H groups in total. The Balaban J connectivity index is 1.96. The second-order valence-electron chi connectivity index (χ2n) is 4.73. The number of carboxylic acid groups (broad SMARTS) is 1. The van der Waals surface area contributed by atoms with Crippen LogP contribution in [0.4, 0.5) is 5.69 Å².